The Morgan fingerprint density at radius 2 is 1.94 bits per heavy atom. The molecule has 7 heteroatoms. The number of unbranched alkanes of at least 4 members (excludes halogenated alkanes) is 3. The minimum Gasteiger partial charge on any atom is -0.494 e. The number of hydrogen-bond donors (Lipinski definition) is 1. The van der Waals surface area contributed by atoms with E-state index in [1.54, 1.807) is 24.3 Å². The summed E-state index contributed by atoms with van der Waals surface area (Å²) in [6, 6.07) is 11.9. The highest BCUT2D eigenvalue weighted by molar-refractivity contribution is 6.22. The summed E-state index contributed by atoms with van der Waals surface area (Å²) in [5.41, 5.74) is 1.51. The third-order valence-corrected chi connectivity index (χ3v) is 6.00. The van der Waals surface area contributed by atoms with Crippen LogP contribution in [-0.4, -0.2) is 48.5 Å². The minimum absolute atomic E-state index is 0.115. The largest absolute Gasteiger partial charge is 0.494 e. The van der Waals surface area contributed by atoms with Gasteiger partial charge >= 0.3 is 0 Å². The number of hydrogen-bond acceptors (Lipinski definition) is 5. The lowest BCUT2D eigenvalue weighted by molar-refractivity contribution is 0.0475. The first-order chi connectivity index (χ1) is 16.1. The maximum atomic E-state index is 12.8. The average molecular weight is 451 g/mol. The SMILES string of the molecule is CCCCCCOc1cccc(NC(=O)c2ccc3c(c2)C(=O)N(C[C@@H]2CCCO2)C3=O)c1. The molecule has 33 heavy (non-hydrogen) atoms. The zero-order valence-corrected chi connectivity index (χ0v) is 19.0. The van der Waals surface area contributed by atoms with Crippen molar-refractivity contribution < 1.29 is 23.9 Å². The molecule has 0 aliphatic carbocycles. The fourth-order valence-corrected chi connectivity index (χ4v) is 4.18. The van der Waals surface area contributed by atoms with Crippen molar-refractivity contribution >= 4 is 23.4 Å². The van der Waals surface area contributed by atoms with Crippen LogP contribution in [0.25, 0.3) is 0 Å². The molecule has 2 aromatic rings. The average Bonchev–Trinajstić information content (AvgIpc) is 3.42. The molecular formula is C26H30N2O5. The second-order valence-electron chi connectivity index (χ2n) is 8.51. The lowest BCUT2D eigenvalue weighted by atomic mass is 10.1. The van der Waals surface area contributed by atoms with Crippen molar-refractivity contribution in [3.63, 3.8) is 0 Å². The van der Waals surface area contributed by atoms with E-state index in [0.29, 0.717) is 35.8 Å². The molecule has 0 spiro atoms. The van der Waals surface area contributed by atoms with E-state index in [0.717, 1.165) is 25.7 Å². The van der Waals surface area contributed by atoms with Crippen LogP contribution >= 0.6 is 0 Å². The standard InChI is InChI=1S/C26H30N2O5/c1-2-3-4-5-13-32-20-9-6-8-19(16-20)27-24(29)18-11-12-22-23(15-18)26(31)28(25(22)30)17-21-10-7-14-33-21/h6,8-9,11-12,15-16,21H,2-5,7,10,13-14,17H2,1H3,(H,27,29)/t21-/m0/s1. The summed E-state index contributed by atoms with van der Waals surface area (Å²) in [5.74, 6) is -0.362. The van der Waals surface area contributed by atoms with Gasteiger partial charge < -0.3 is 14.8 Å². The van der Waals surface area contributed by atoms with Crippen LogP contribution in [0.2, 0.25) is 0 Å². The summed E-state index contributed by atoms with van der Waals surface area (Å²) < 4.78 is 11.4. The number of anilines is 1. The number of benzene rings is 2. The van der Waals surface area contributed by atoms with Crippen molar-refractivity contribution in [2.75, 3.05) is 25.1 Å². The van der Waals surface area contributed by atoms with Gasteiger partial charge in [0.05, 0.1) is 30.4 Å². The first-order valence-corrected chi connectivity index (χ1v) is 11.7. The van der Waals surface area contributed by atoms with E-state index in [1.807, 2.05) is 12.1 Å². The summed E-state index contributed by atoms with van der Waals surface area (Å²) in [7, 11) is 0. The zero-order chi connectivity index (χ0) is 23.2. The maximum Gasteiger partial charge on any atom is 0.261 e. The van der Waals surface area contributed by atoms with Crippen molar-refractivity contribution in [1.82, 2.24) is 4.90 Å². The van der Waals surface area contributed by atoms with Crippen LogP contribution in [0.3, 0.4) is 0 Å². The summed E-state index contributed by atoms with van der Waals surface area (Å²) in [4.78, 5) is 39.6. The van der Waals surface area contributed by atoms with Crippen molar-refractivity contribution in [3.8, 4) is 5.75 Å². The predicted octanol–water partition coefficient (Wildman–Crippen LogP) is 4.67. The number of ether oxygens (including phenoxy) is 2. The van der Waals surface area contributed by atoms with Gasteiger partial charge in [0.2, 0.25) is 0 Å². The number of rotatable bonds is 10. The van der Waals surface area contributed by atoms with E-state index < -0.39 is 0 Å². The smallest absolute Gasteiger partial charge is 0.261 e. The molecule has 1 saturated heterocycles. The van der Waals surface area contributed by atoms with E-state index in [-0.39, 0.29) is 35.9 Å². The Morgan fingerprint density at radius 3 is 2.73 bits per heavy atom. The molecule has 1 N–H and O–H groups in total. The molecule has 0 radical (unpaired) electrons. The molecule has 0 unspecified atom stereocenters. The Kier molecular flexibility index (Phi) is 7.40. The van der Waals surface area contributed by atoms with Gasteiger partial charge in [-0.25, -0.2) is 0 Å². The van der Waals surface area contributed by atoms with E-state index in [4.69, 9.17) is 9.47 Å². The van der Waals surface area contributed by atoms with E-state index in [2.05, 4.69) is 12.2 Å². The van der Waals surface area contributed by atoms with Crippen molar-refractivity contribution in [1.29, 1.82) is 0 Å². The van der Waals surface area contributed by atoms with Gasteiger partial charge in [-0.05, 0) is 49.6 Å². The number of carbonyl (C=O) groups is 3. The van der Waals surface area contributed by atoms with Gasteiger partial charge in [-0.2, -0.15) is 0 Å². The molecule has 4 rings (SSSR count). The highest BCUT2D eigenvalue weighted by atomic mass is 16.5. The number of imide groups is 1. The van der Waals surface area contributed by atoms with Gasteiger partial charge in [0.15, 0.2) is 0 Å². The minimum atomic E-state index is -0.376. The zero-order valence-electron chi connectivity index (χ0n) is 19.0. The van der Waals surface area contributed by atoms with Crippen LogP contribution < -0.4 is 10.1 Å². The highest BCUT2D eigenvalue weighted by Crippen LogP contribution is 2.27. The van der Waals surface area contributed by atoms with E-state index >= 15 is 0 Å². The third-order valence-electron chi connectivity index (χ3n) is 6.00. The number of nitrogens with one attached hydrogen (secondary N) is 1. The second kappa shape index (κ2) is 10.6. The first kappa shape index (κ1) is 23.0. The Morgan fingerprint density at radius 1 is 1.09 bits per heavy atom. The van der Waals surface area contributed by atoms with Crippen LogP contribution in [0.5, 0.6) is 5.75 Å². The van der Waals surface area contributed by atoms with Gasteiger partial charge in [0.25, 0.3) is 17.7 Å². The molecule has 2 aliphatic heterocycles. The third kappa shape index (κ3) is 5.42. The van der Waals surface area contributed by atoms with Crippen molar-refractivity contribution in [2.45, 2.75) is 51.6 Å². The Hall–Kier alpha value is -3.19. The molecule has 2 aromatic carbocycles. The van der Waals surface area contributed by atoms with Crippen LogP contribution in [0.15, 0.2) is 42.5 Å². The molecule has 2 heterocycles. The summed E-state index contributed by atoms with van der Waals surface area (Å²) in [6.45, 7) is 3.71. The predicted molar refractivity (Wildman–Crippen MR) is 125 cm³/mol. The van der Waals surface area contributed by atoms with Crippen molar-refractivity contribution in [3.05, 3.63) is 59.2 Å². The van der Waals surface area contributed by atoms with Gasteiger partial charge in [-0.1, -0.05) is 32.3 Å². The highest BCUT2D eigenvalue weighted by Gasteiger charge is 2.37. The van der Waals surface area contributed by atoms with Crippen LogP contribution in [0.1, 0.15) is 76.5 Å². The van der Waals surface area contributed by atoms with E-state index in [9.17, 15) is 14.4 Å². The van der Waals surface area contributed by atoms with E-state index in [1.165, 1.54) is 23.8 Å². The quantitative estimate of drug-likeness (QED) is 0.420. The lowest BCUT2D eigenvalue weighted by Gasteiger charge is -2.17. The molecule has 2 aliphatic rings. The first-order valence-electron chi connectivity index (χ1n) is 11.7. The number of carbonyl (C=O) groups excluding carboxylic acids is 3. The molecule has 0 saturated carbocycles. The lowest BCUT2D eigenvalue weighted by Crippen LogP contribution is -2.36. The molecular weight excluding hydrogens is 420 g/mol. The Bertz CT molecular complexity index is 1030. The molecule has 0 aromatic heterocycles. The molecule has 7 nitrogen and oxygen atoms in total. The normalized spacial score (nSPS) is 17.4. The maximum absolute atomic E-state index is 12.8. The number of amides is 3. The monoisotopic (exact) mass is 450 g/mol. The fraction of sp³-hybridized carbons (Fsp3) is 0.423. The number of fused-ring (bicyclic) bond motifs is 1. The van der Waals surface area contributed by atoms with Gasteiger partial charge in [-0.15, -0.1) is 0 Å². The fourth-order valence-electron chi connectivity index (χ4n) is 4.18. The summed E-state index contributed by atoms with van der Waals surface area (Å²) in [5, 5.41) is 2.85. The topological polar surface area (TPSA) is 84.9 Å². The van der Waals surface area contributed by atoms with Gasteiger partial charge in [0.1, 0.15) is 5.75 Å². The van der Waals surface area contributed by atoms with Gasteiger partial charge in [-0.3, -0.25) is 19.3 Å². The number of nitrogens with zero attached hydrogens (tertiary/aromatic N) is 1. The van der Waals surface area contributed by atoms with Crippen LogP contribution in [0, 0.1) is 0 Å². The summed E-state index contributed by atoms with van der Waals surface area (Å²) >= 11 is 0. The molecule has 0 bridgehead atoms. The Labute approximate surface area is 194 Å². The molecule has 1 fully saturated rings. The molecule has 3 amide bonds. The van der Waals surface area contributed by atoms with Gasteiger partial charge in [0, 0.05) is 23.9 Å². The van der Waals surface area contributed by atoms with Crippen LogP contribution in [-0.2, 0) is 4.74 Å². The second-order valence-corrected chi connectivity index (χ2v) is 8.51. The van der Waals surface area contributed by atoms with Crippen molar-refractivity contribution in [2.24, 2.45) is 0 Å². The Balaban J connectivity index is 1.39. The van der Waals surface area contributed by atoms with Crippen LogP contribution in [0.4, 0.5) is 5.69 Å². The summed E-state index contributed by atoms with van der Waals surface area (Å²) in [6.07, 6.45) is 6.16. The molecule has 174 valence electrons. The molecule has 1 atom stereocenters.